The largest absolute Gasteiger partial charge is 0.455 e. The number of benzene rings is 10. The van der Waals surface area contributed by atoms with Crippen molar-refractivity contribution in [1.82, 2.24) is 4.57 Å². The zero-order chi connectivity index (χ0) is 42.1. The quantitative estimate of drug-likeness (QED) is 0.161. The third kappa shape index (κ3) is 5.70. The lowest BCUT2D eigenvalue weighted by atomic mass is 9.94. The van der Waals surface area contributed by atoms with Gasteiger partial charge < -0.3 is 18.3 Å². The van der Waals surface area contributed by atoms with E-state index in [9.17, 15) is 0 Å². The number of furan rings is 2. The maximum atomic E-state index is 6.74. The fraction of sp³-hybridized carbons (Fsp3) is 0. The predicted octanol–water partition coefficient (Wildman–Crippen LogP) is 17.1. The maximum Gasteiger partial charge on any atom is 0.143 e. The highest BCUT2D eigenvalue weighted by atomic mass is 16.3. The van der Waals surface area contributed by atoms with Crippen molar-refractivity contribution < 1.29 is 8.83 Å². The first-order valence-corrected chi connectivity index (χ1v) is 21.7. The van der Waals surface area contributed by atoms with Crippen LogP contribution in [0.15, 0.2) is 239 Å². The van der Waals surface area contributed by atoms with Crippen LogP contribution in [0.4, 0.5) is 17.1 Å². The van der Waals surface area contributed by atoms with Gasteiger partial charge in [-0.2, -0.15) is 0 Å². The van der Waals surface area contributed by atoms with Crippen LogP contribution in [0.3, 0.4) is 0 Å². The summed E-state index contributed by atoms with van der Waals surface area (Å²) in [6.07, 6.45) is 0. The number of nitrogens with zero attached hydrogens (tertiary/aromatic N) is 2. The molecule has 0 fully saturated rings. The lowest BCUT2D eigenvalue weighted by Crippen LogP contribution is -2.11. The summed E-state index contributed by atoms with van der Waals surface area (Å²) in [4.78, 5) is 2.36. The average molecular weight is 819 g/mol. The number of para-hydroxylation sites is 7. The monoisotopic (exact) mass is 818 g/mol. The first-order chi connectivity index (χ1) is 31.7. The van der Waals surface area contributed by atoms with Gasteiger partial charge in [0.1, 0.15) is 22.3 Å². The number of hydrogen-bond donors (Lipinski definition) is 0. The fourth-order valence-electron chi connectivity index (χ4n) is 9.86. The van der Waals surface area contributed by atoms with Crippen molar-refractivity contribution in [3.63, 3.8) is 0 Å². The number of anilines is 3. The van der Waals surface area contributed by atoms with E-state index in [1.54, 1.807) is 0 Å². The smallest absolute Gasteiger partial charge is 0.143 e. The third-order valence-electron chi connectivity index (χ3n) is 12.8. The highest BCUT2D eigenvalue weighted by molar-refractivity contribution is 6.13. The van der Waals surface area contributed by atoms with Crippen molar-refractivity contribution in [1.29, 1.82) is 0 Å². The first kappa shape index (κ1) is 36.1. The van der Waals surface area contributed by atoms with Gasteiger partial charge in [-0.15, -0.1) is 0 Å². The number of rotatable bonds is 7. The third-order valence-corrected chi connectivity index (χ3v) is 12.8. The normalized spacial score (nSPS) is 11.8. The van der Waals surface area contributed by atoms with Crippen molar-refractivity contribution in [2.24, 2.45) is 0 Å². The molecule has 0 spiro atoms. The standard InChI is InChI=1S/C60H38N2O2/c1-2-14-42(15-3-1)61(43-33-28-39(29-34-43)40-30-35-44(36-31-40)62-54-24-8-4-16-46(54)47-17-5-9-25-55(47)62)56-37-32-41(45-20-12-21-50-48-18-6-10-26-57(48)63-59(45)50)38-53(56)52-23-13-22-51-49-19-7-11-27-58(49)64-60(51)52/h1-38H. The van der Waals surface area contributed by atoms with E-state index in [-0.39, 0.29) is 0 Å². The summed E-state index contributed by atoms with van der Waals surface area (Å²) in [6, 6.07) is 82.1. The van der Waals surface area contributed by atoms with Crippen molar-refractivity contribution in [3.8, 4) is 39.1 Å². The lowest BCUT2D eigenvalue weighted by molar-refractivity contribution is 0.670. The van der Waals surface area contributed by atoms with Gasteiger partial charge in [-0.1, -0.05) is 158 Å². The highest BCUT2D eigenvalue weighted by Crippen LogP contribution is 2.47. The van der Waals surface area contributed by atoms with Crippen LogP contribution in [0, 0.1) is 0 Å². The molecule has 0 N–H and O–H groups in total. The van der Waals surface area contributed by atoms with Crippen LogP contribution in [-0.4, -0.2) is 4.57 Å². The molecular formula is C60H38N2O2. The summed E-state index contributed by atoms with van der Waals surface area (Å²) >= 11 is 0. The summed E-state index contributed by atoms with van der Waals surface area (Å²) in [5.41, 5.74) is 16.6. The molecule has 0 radical (unpaired) electrons. The Kier molecular flexibility index (Phi) is 8.18. The van der Waals surface area contributed by atoms with Crippen LogP contribution in [0.2, 0.25) is 0 Å². The molecule has 4 heteroatoms. The van der Waals surface area contributed by atoms with E-state index in [1.807, 2.05) is 18.2 Å². The van der Waals surface area contributed by atoms with Crippen molar-refractivity contribution in [2.75, 3.05) is 4.90 Å². The average Bonchev–Trinajstić information content (AvgIpc) is 4.05. The molecule has 10 aromatic carbocycles. The Morgan fingerprint density at radius 1 is 0.312 bits per heavy atom. The van der Waals surface area contributed by atoms with E-state index < -0.39 is 0 Å². The van der Waals surface area contributed by atoms with Gasteiger partial charge >= 0.3 is 0 Å². The maximum absolute atomic E-state index is 6.74. The van der Waals surface area contributed by atoms with Crippen molar-refractivity contribution in [3.05, 3.63) is 231 Å². The van der Waals surface area contributed by atoms with Crippen LogP contribution in [0.1, 0.15) is 0 Å². The van der Waals surface area contributed by atoms with Crippen molar-refractivity contribution >= 4 is 82.7 Å². The minimum Gasteiger partial charge on any atom is -0.455 e. The Hall–Kier alpha value is -8.60. The Morgan fingerprint density at radius 3 is 1.41 bits per heavy atom. The SMILES string of the molecule is c1ccc(N(c2ccc(-c3ccc(-n4c5ccccc5c5ccccc54)cc3)cc2)c2ccc(-c3cccc4c3oc3ccccc34)cc2-c2cccc3c2oc2ccccc23)cc1. The van der Waals surface area contributed by atoms with E-state index in [0.29, 0.717) is 0 Å². The first-order valence-electron chi connectivity index (χ1n) is 21.7. The Bertz CT molecular complexity index is 3840. The van der Waals surface area contributed by atoms with Gasteiger partial charge in [-0.05, 0) is 89.5 Å². The molecule has 13 aromatic rings. The van der Waals surface area contributed by atoms with E-state index in [4.69, 9.17) is 8.83 Å². The summed E-state index contributed by atoms with van der Waals surface area (Å²) in [5.74, 6) is 0. The second kappa shape index (κ2) is 14.5. The molecule has 3 heterocycles. The van der Waals surface area contributed by atoms with E-state index in [2.05, 4.69) is 222 Å². The minimum absolute atomic E-state index is 0.858. The predicted molar refractivity (Wildman–Crippen MR) is 266 cm³/mol. The van der Waals surface area contributed by atoms with Gasteiger partial charge in [0.2, 0.25) is 0 Å². The van der Waals surface area contributed by atoms with Crippen LogP contribution in [-0.2, 0) is 0 Å². The molecule has 0 bridgehead atoms. The van der Waals surface area contributed by atoms with E-state index >= 15 is 0 Å². The second-order valence-corrected chi connectivity index (χ2v) is 16.4. The number of aromatic nitrogens is 1. The summed E-state index contributed by atoms with van der Waals surface area (Å²) in [6.45, 7) is 0. The Labute approximate surface area is 369 Å². The summed E-state index contributed by atoms with van der Waals surface area (Å²) in [5, 5.41) is 6.92. The van der Waals surface area contributed by atoms with Crippen LogP contribution in [0.5, 0.6) is 0 Å². The zero-order valence-electron chi connectivity index (χ0n) is 34.7. The van der Waals surface area contributed by atoms with Gasteiger partial charge in [0.05, 0.1) is 16.7 Å². The zero-order valence-corrected chi connectivity index (χ0v) is 34.7. The molecule has 0 aliphatic heterocycles. The Balaban J connectivity index is 0.956. The van der Waals surface area contributed by atoms with Gasteiger partial charge in [0.25, 0.3) is 0 Å². The molecule has 0 saturated heterocycles. The number of fused-ring (bicyclic) bond motifs is 9. The molecule has 3 aromatic heterocycles. The van der Waals surface area contributed by atoms with E-state index in [0.717, 1.165) is 100 Å². The Morgan fingerprint density at radius 2 is 0.781 bits per heavy atom. The fourth-order valence-corrected chi connectivity index (χ4v) is 9.86. The van der Waals surface area contributed by atoms with Crippen LogP contribution in [0.25, 0.3) is 105 Å². The van der Waals surface area contributed by atoms with Gasteiger partial charge in [0, 0.05) is 66.1 Å². The molecule has 300 valence electrons. The van der Waals surface area contributed by atoms with Gasteiger partial charge in [0.15, 0.2) is 0 Å². The molecule has 4 nitrogen and oxygen atoms in total. The summed E-state index contributed by atoms with van der Waals surface area (Å²) in [7, 11) is 0. The molecule has 0 unspecified atom stereocenters. The molecule has 0 aliphatic rings. The summed E-state index contributed by atoms with van der Waals surface area (Å²) < 4.78 is 15.7. The molecule has 0 aliphatic carbocycles. The lowest BCUT2D eigenvalue weighted by Gasteiger charge is -2.28. The van der Waals surface area contributed by atoms with Crippen molar-refractivity contribution in [2.45, 2.75) is 0 Å². The molecule has 13 rings (SSSR count). The number of hydrogen-bond acceptors (Lipinski definition) is 3. The molecular weight excluding hydrogens is 781 g/mol. The molecule has 0 amide bonds. The molecule has 64 heavy (non-hydrogen) atoms. The van der Waals surface area contributed by atoms with E-state index in [1.165, 1.54) is 21.8 Å². The van der Waals surface area contributed by atoms with Gasteiger partial charge in [-0.25, -0.2) is 0 Å². The topological polar surface area (TPSA) is 34.5 Å². The van der Waals surface area contributed by atoms with Crippen LogP contribution >= 0.6 is 0 Å². The second-order valence-electron chi connectivity index (χ2n) is 16.4. The highest BCUT2D eigenvalue weighted by Gasteiger charge is 2.23. The van der Waals surface area contributed by atoms with Crippen LogP contribution < -0.4 is 4.90 Å². The molecule has 0 saturated carbocycles. The van der Waals surface area contributed by atoms with Gasteiger partial charge in [-0.3, -0.25) is 0 Å². The minimum atomic E-state index is 0.858. The molecule has 0 atom stereocenters.